The van der Waals surface area contributed by atoms with Crippen LogP contribution in [0.5, 0.6) is 0 Å². The summed E-state index contributed by atoms with van der Waals surface area (Å²) in [6.07, 6.45) is 0. The first kappa shape index (κ1) is 6.99. The topological polar surface area (TPSA) is 78.8 Å². The summed E-state index contributed by atoms with van der Waals surface area (Å²) in [7, 11) is 0. The van der Waals surface area contributed by atoms with E-state index in [1.54, 1.807) is 12.1 Å². The van der Waals surface area contributed by atoms with Gasteiger partial charge in [0.1, 0.15) is 0 Å². The Morgan fingerprint density at radius 3 is 3.08 bits per heavy atom. The summed E-state index contributed by atoms with van der Waals surface area (Å²) in [4.78, 5) is 0.370. The molecule has 13 heavy (non-hydrogen) atoms. The Morgan fingerprint density at radius 1 is 1.31 bits per heavy atom. The first-order valence-electron chi connectivity index (χ1n) is 3.47. The fourth-order valence-corrected chi connectivity index (χ4v) is 2.33. The van der Waals surface area contributed by atoms with Crippen LogP contribution in [-0.2, 0) is 0 Å². The van der Waals surface area contributed by atoms with Crippen LogP contribution in [-0.4, -0.2) is 28.1 Å². The van der Waals surface area contributed by atoms with E-state index in [9.17, 15) is 5.21 Å². The van der Waals surface area contributed by atoms with E-state index in [1.165, 1.54) is 0 Å². The third-order valence-corrected chi connectivity index (χ3v) is 2.91. The van der Waals surface area contributed by atoms with Crippen molar-refractivity contribution in [3.63, 3.8) is 0 Å². The molecular weight excluding hydrogens is 239 g/mol. The van der Waals surface area contributed by atoms with Gasteiger partial charge in [-0.25, -0.2) is 0 Å². The summed E-state index contributed by atoms with van der Waals surface area (Å²) >= 11 is -0.138. The molecule has 0 atom stereocenters. The van der Waals surface area contributed by atoms with Gasteiger partial charge in [0, 0.05) is 0 Å². The number of hydrogen-bond acceptors (Lipinski definition) is 5. The number of rotatable bonds is 0. The Balaban J connectivity index is 2.70. The van der Waals surface area contributed by atoms with Crippen LogP contribution in [0.15, 0.2) is 16.8 Å². The van der Waals surface area contributed by atoms with Crippen LogP contribution in [0.25, 0.3) is 22.1 Å². The molecule has 0 aliphatic heterocycles. The molecule has 0 unspecified atom stereocenters. The summed E-state index contributed by atoms with van der Waals surface area (Å²) in [6.45, 7) is 0. The molecule has 0 fully saturated rings. The fourth-order valence-electron chi connectivity index (χ4n) is 1.20. The molecular formula is C6H2N4O2Se. The first-order chi connectivity index (χ1) is 6.36. The van der Waals surface area contributed by atoms with Crippen LogP contribution in [0.1, 0.15) is 0 Å². The van der Waals surface area contributed by atoms with Crippen molar-refractivity contribution < 1.29 is 9.53 Å². The van der Waals surface area contributed by atoms with Crippen molar-refractivity contribution in [1.29, 1.82) is 0 Å². The van der Waals surface area contributed by atoms with Crippen LogP contribution in [0.2, 0.25) is 0 Å². The quantitative estimate of drug-likeness (QED) is 0.390. The van der Waals surface area contributed by atoms with E-state index >= 15 is 0 Å². The Bertz CT molecular complexity index is 586. The van der Waals surface area contributed by atoms with E-state index in [4.69, 9.17) is 0 Å². The molecule has 0 aliphatic rings. The van der Waals surface area contributed by atoms with Crippen molar-refractivity contribution in [3.05, 3.63) is 17.3 Å². The van der Waals surface area contributed by atoms with Gasteiger partial charge in [-0.2, -0.15) is 0 Å². The molecule has 3 aromatic rings. The Labute approximate surface area is 77.5 Å². The van der Waals surface area contributed by atoms with Crippen molar-refractivity contribution in [2.45, 2.75) is 0 Å². The van der Waals surface area contributed by atoms with Gasteiger partial charge in [-0.05, 0) is 0 Å². The molecule has 2 heterocycles. The summed E-state index contributed by atoms with van der Waals surface area (Å²) < 4.78 is 12.7. The molecule has 0 aliphatic carbocycles. The molecule has 1 aromatic carbocycles. The second-order valence-electron chi connectivity index (χ2n) is 2.50. The number of hydrogen-bond donors (Lipinski definition) is 0. The molecule has 0 amide bonds. The molecule has 2 aromatic heterocycles. The Hall–Kier alpha value is -1.46. The van der Waals surface area contributed by atoms with Gasteiger partial charge in [-0.3, -0.25) is 0 Å². The van der Waals surface area contributed by atoms with Gasteiger partial charge in [0.15, 0.2) is 0 Å². The van der Waals surface area contributed by atoms with Crippen LogP contribution >= 0.6 is 0 Å². The number of aromatic nitrogens is 4. The number of fused-ring (bicyclic) bond motifs is 3. The SMILES string of the molecule is [O-][n+]1onc2ccc3n[se]nc3c21. The van der Waals surface area contributed by atoms with Crippen LogP contribution < -0.4 is 4.90 Å². The van der Waals surface area contributed by atoms with E-state index in [2.05, 4.69) is 17.7 Å². The van der Waals surface area contributed by atoms with Crippen LogP contribution in [0.3, 0.4) is 0 Å². The Morgan fingerprint density at radius 2 is 2.15 bits per heavy atom. The van der Waals surface area contributed by atoms with Gasteiger partial charge >= 0.3 is 77.0 Å². The van der Waals surface area contributed by atoms with E-state index in [-0.39, 0.29) is 15.0 Å². The summed E-state index contributed by atoms with van der Waals surface area (Å²) in [5, 5.41) is 14.7. The molecule has 0 saturated carbocycles. The standard InChI is InChI=1S/C6H2N4O2Se/c11-10-6-4(7-12-10)2-1-3-5(6)9-13-8-3/h1-2H. The van der Waals surface area contributed by atoms with Gasteiger partial charge < -0.3 is 0 Å². The third-order valence-electron chi connectivity index (χ3n) is 1.78. The van der Waals surface area contributed by atoms with Gasteiger partial charge in [0.25, 0.3) is 0 Å². The Kier molecular flexibility index (Phi) is 1.22. The van der Waals surface area contributed by atoms with Gasteiger partial charge in [0.05, 0.1) is 0 Å². The van der Waals surface area contributed by atoms with Crippen molar-refractivity contribution >= 4 is 37.0 Å². The molecule has 6 nitrogen and oxygen atoms in total. The minimum absolute atomic E-state index is 0.138. The van der Waals surface area contributed by atoms with Crippen molar-refractivity contribution in [2.75, 3.05) is 0 Å². The second-order valence-corrected chi connectivity index (χ2v) is 3.60. The van der Waals surface area contributed by atoms with E-state index in [0.717, 1.165) is 5.52 Å². The monoisotopic (exact) mass is 242 g/mol. The predicted octanol–water partition coefficient (Wildman–Crippen LogP) is -0.539. The molecule has 0 saturated heterocycles. The molecule has 7 heteroatoms. The molecule has 0 bridgehead atoms. The van der Waals surface area contributed by atoms with Crippen LogP contribution in [0.4, 0.5) is 0 Å². The zero-order valence-electron chi connectivity index (χ0n) is 6.17. The van der Waals surface area contributed by atoms with Crippen molar-refractivity contribution in [1.82, 2.24) is 13.1 Å². The van der Waals surface area contributed by atoms with Crippen LogP contribution in [0, 0.1) is 5.21 Å². The zero-order chi connectivity index (χ0) is 8.84. The van der Waals surface area contributed by atoms with Crippen molar-refractivity contribution in [3.8, 4) is 0 Å². The summed E-state index contributed by atoms with van der Waals surface area (Å²) in [5.41, 5.74) is 2.25. The van der Waals surface area contributed by atoms with Crippen molar-refractivity contribution in [2.24, 2.45) is 0 Å². The second kappa shape index (κ2) is 2.27. The average Bonchev–Trinajstić information content (AvgIpc) is 2.70. The normalized spacial score (nSPS) is 11.4. The van der Waals surface area contributed by atoms with E-state index < -0.39 is 0 Å². The number of nitrogens with zero attached hydrogens (tertiary/aromatic N) is 4. The third kappa shape index (κ3) is 0.824. The maximum absolute atomic E-state index is 11.1. The molecule has 0 radical (unpaired) electrons. The number of benzene rings is 1. The van der Waals surface area contributed by atoms with Gasteiger partial charge in [-0.1, -0.05) is 0 Å². The zero-order valence-corrected chi connectivity index (χ0v) is 7.88. The molecule has 0 spiro atoms. The molecule has 64 valence electrons. The minimum atomic E-state index is -0.138. The average molecular weight is 241 g/mol. The van der Waals surface area contributed by atoms with Gasteiger partial charge in [0.2, 0.25) is 0 Å². The summed E-state index contributed by atoms with van der Waals surface area (Å²) in [6, 6.07) is 3.49. The maximum atomic E-state index is 11.1. The first-order valence-corrected chi connectivity index (χ1v) is 5.00. The van der Waals surface area contributed by atoms with E-state index in [0.29, 0.717) is 21.5 Å². The fraction of sp³-hybridized carbons (Fsp3) is 0. The summed E-state index contributed by atoms with van der Waals surface area (Å²) in [5.74, 6) is 0. The van der Waals surface area contributed by atoms with Gasteiger partial charge in [-0.15, -0.1) is 0 Å². The molecule has 3 rings (SSSR count). The predicted molar refractivity (Wildman–Crippen MR) is 43.0 cm³/mol. The van der Waals surface area contributed by atoms with E-state index in [1.807, 2.05) is 0 Å². The molecule has 0 N–H and O–H groups in total.